The standard InChI is InChI=1S/C14H18BrFN2O/c15-12-9-11(5-6-13(12)16)17-10-14(19)18-7-3-1-2-4-8-18/h5-6,9,17H,1-4,7-8,10H2. The van der Waals surface area contributed by atoms with Crippen molar-refractivity contribution in [1.82, 2.24) is 4.90 Å². The van der Waals surface area contributed by atoms with E-state index in [1.807, 2.05) is 4.90 Å². The molecule has 0 bridgehead atoms. The molecule has 1 aromatic carbocycles. The van der Waals surface area contributed by atoms with Gasteiger partial charge in [0.1, 0.15) is 5.82 Å². The second-order valence-corrected chi connectivity index (χ2v) is 5.63. The molecule has 104 valence electrons. The summed E-state index contributed by atoms with van der Waals surface area (Å²) in [5.41, 5.74) is 0.747. The quantitative estimate of drug-likeness (QED) is 0.922. The predicted molar refractivity (Wildman–Crippen MR) is 77.6 cm³/mol. The molecule has 1 aromatic rings. The van der Waals surface area contributed by atoms with Gasteiger partial charge in [-0.25, -0.2) is 4.39 Å². The van der Waals surface area contributed by atoms with Crippen LogP contribution in [0.15, 0.2) is 22.7 Å². The number of rotatable bonds is 3. The van der Waals surface area contributed by atoms with Gasteiger partial charge in [0.25, 0.3) is 0 Å². The van der Waals surface area contributed by atoms with Gasteiger partial charge in [-0.3, -0.25) is 4.79 Å². The normalized spacial score (nSPS) is 16.0. The number of likely N-dealkylation sites (tertiary alicyclic amines) is 1. The second kappa shape index (κ2) is 6.89. The van der Waals surface area contributed by atoms with Crippen LogP contribution < -0.4 is 5.32 Å². The predicted octanol–water partition coefficient (Wildman–Crippen LogP) is 3.40. The highest BCUT2D eigenvalue weighted by atomic mass is 79.9. The molecule has 1 heterocycles. The van der Waals surface area contributed by atoms with Gasteiger partial charge in [0.15, 0.2) is 0 Å². The fourth-order valence-corrected chi connectivity index (χ4v) is 2.59. The third-order valence-electron chi connectivity index (χ3n) is 3.32. The number of amides is 1. The summed E-state index contributed by atoms with van der Waals surface area (Å²) in [6, 6.07) is 4.66. The highest BCUT2D eigenvalue weighted by Crippen LogP contribution is 2.20. The molecule has 1 N–H and O–H groups in total. The first-order valence-corrected chi connectivity index (χ1v) is 7.43. The molecule has 0 atom stereocenters. The van der Waals surface area contributed by atoms with Crippen molar-refractivity contribution in [2.45, 2.75) is 25.7 Å². The van der Waals surface area contributed by atoms with Gasteiger partial charge in [-0.15, -0.1) is 0 Å². The molecule has 1 saturated heterocycles. The van der Waals surface area contributed by atoms with Crippen molar-refractivity contribution >= 4 is 27.5 Å². The number of benzene rings is 1. The molecule has 1 fully saturated rings. The number of anilines is 1. The minimum absolute atomic E-state index is 0.113. The topological polar surface area (TPSA) is 32.3 Å². The smallest absolute Gasteiger partial charge is 0.241 e. The lowest BCUT2D eigenvalue weighted by atomic mass is 10.2. The zero-order valence-electron chi connectivity index (χ0n) is 10.8. The summed E-state index contributed by atoms with van der Waals surface area (Å²) in [7, 11) is 0. The van der Waals surface area contributed by atoms with Crippen LogP contribution in [0.5, 0.6) is 0 Å². The van der Waals surface area contributed by atoms with Crippen molar-refractivity contribution in [3.8, 4) is 0 Å². The van der Waals surface area contributed by atoms with Crippen LogP contribution in [0.1, 0.15) is 25.7 Å². The maximum atomic E-state index is 13.1. The first-order valence-electron chi connectivity index (χ1n) is 6.63. The van der Waals surface area contributed by atoms with Crippen molar-refractivity contribution < 1.29 is 9.18 Å². The van der Waals surface area contributed by atoms with E-state index >= 15 is 0 Å². The van der Waals surface area contributed by atoms with Crippen molar-refractivity contribution in [1.29, 1.82) is 0 Å². The summed E-state index contributed by atoms with van der Waals surface area (Å²) >= 11 is 3.13. The highest BCUT2D eigenvalue weighted by Gasteiger charge is 2.15. The minimum atomic E-state index is -0.301. The Kier molecular flexibility index (Phi) is 5.19. The van der Waals surface area contributed by atoms with E-state index in [2.05, 4.69) is 21.2 Å². The summed E-state index contributed by atoms with van der Waals surface area (Å²) in [6.45, 7) is 1.97. The molecule has 1 aliphatic heterocycles. The Bertz CT molecular complexity index is 445. The van der Waals surface area contributed by atoms with Crippen LogP contribution in [-0.4, -0.2) is 30.4 Å². The molecular formula is C14H18BrFN2O. The number of carbonyl (C=O) groups is 1. The molecule has 0 unspecified atom stereocenters. The zero-order valence-corrected chi connectivity index (χ0v) is 12.4. The Morgan fingerprint density at radius 3 is 2.58 bits per heavy atom. The third kappa shape index (κ3) is 4.20. The summed E-state index contributed by atoms with van der Waals surface area (Å²) in [5, 5.41) is 3.04. The molecule has 5 heteroatoms. The summed E-state index contributed by atoms with van der Waals surface area (Å²) in [5.74, 6) is -0.188. The van der Waals surface area contributed by atoms with Gasteiger partial charge in [-0.1, -0.05) is 12.8 Å². The molecule has 0 aliphatic carbocycles. The van der Waals surface area contributed by atoms with Gasteiger partial charge in [-0.2, -0.15) is 0 Å². The number of nitrogens with zero attached hydrogens (tertiary/aromatic N) is 1. The average Bonchev–Trinajstić information content (AvgIpc) is 2.69. The van der Waals surface area contributed by atoms with Crippen molar-refractivity contribution in [3.63, 3.8) is 0 Å². The molecule has 0 radical (unpaired) electrons. The van der Waals surface area contributed by atoms with Crippen LogP contribution >= 0.6 is 15.9 Å². The maximum Gasteiger partial charge on any atom is 0.241 e. The molecule has 1 amide bonds. The van der Waals surface area contributed by atoms with E-state index in [-0.39, 0.29) is 18.3 Å². The average molecular weight is 329 g/mol. The van der Waals surface area contributed by atoms with Crippen molar-refractivity contribution in [3.05, 3.63) is 28.5 Å². The van der Waals surface area contributed by atoms with Crippen molar-refractivity contribution in [2.75, 3.05) is 25.0 Å². The molecular weight excluding hydrogens is 311 g/mol. The monoisotopic (exact) mass is 328 g/mol. The first kappa shape index (κ1) is 14.3. The lowest BCUT2D eigenvalue weighted by Crippen LogP contribution is -2.36. The zero-order chi connectivity index (χ0) is 13.7. The molecule has 19 heavy (non-hydrogen) atoms. The second-order valence-electron chi connectivity index (χ2n) is 4.78. The lowest BCUT2D eigenvalue weighted by Gasteiger charge is -2.20. The number of hydrogen-bond acceptors (Lipinski definition) is 2. The first-order chi connectivity index (χ1) is 9.16. The van der Waals surface area contributed by atoms with Gasteiger partial charge in [0, 0.05) is 18.8 Å². The fraction of sp³-hybridized carbons (Fsp3) is 0.500. The summed E-state index contributed by atoms with van der Waals surface area (Å²) in [6.07, 6.45) is 4.60. The Morgan fingerprint density at radius 2 is 1.95 bits per heavy atom. The highest BCUT2D eigenvalue weighted by molar-refractivity contribution is 9.10. The van der Waals surface area contributed by atoms with Gasteiger partial charge in [0.05, 0.1) is 11.0 Å². The maximum absolute atomic E-state index is 13.1. The van der Waals surface area contributed by atoms with Crippen LogP contribution in [0.2, 0.25) is 0 Å². The van der Waals surface area contributed by atoms with E-state index in [1.165, 1.54) is 18.9 Å². The molecule has 2 rings (SSSR count). The fourth-order valence-electron chi connectivity index (χ4n) is 2.22. The molecule has 0 spiro atoms. The van der Waals surface area contributed by atoms with Crippen LogP contribution in [0.4, 0.5) is 10.1 Å². The van der Waals surface area contributed by atoms with Gasteiger partial charge >= 0.3 is 0 Å². The van der Waals surface area contributed by atoms with Gasteiger partial charge in [-0.05, 0) is 47.0 Å². The third-order valence-corrected chi connectivity index (χ3v) is 3.93. The Labute approximate surface area is 121 Å². The van der Waals surface area contributed by atoms with Crippen LogP contribution in [0.3, 0.4) is 0 Å². The molecule has 0 aromatic heterocycles. The summed E-state index contributed by atoms with van der Waals surface area (Å²) in [4.78, 5) is 14.0. The van der Waals surface area contributed by atoms with Gasteiger partial charge in [0.2, 0.25) is 5.91 Å². The summed E-state index contributed by atoms with van der Waals surface area (Å²) < 4.78 is 13.5. The SMILES string of the molecule is O=C(CNc1ccc(F)c(Br)c1)N1CCCCCC1. The van der Waals surface area contributed by atoms with Crippen LogP contribution in [0, 0.1) is 5.82 Å². The van der Waals surface area contributed by atoms with E-state index in [9.17, 15) is 9.18 Å². The number of carbonyl (C=O) groups excluding carboxylic acids is 1. The van der Waals surface area contributed by atoms with E-state index in [4.69, 9.17) is 0 Å². The molecule has 3 nitrogen and oxygen atoms in total. The van der Waals surface area contributed by atoms with Crippen molar-refractivity contribution in [2.24, 2.45) is 0 Å². The van der Waals surface area contributed by atoms with Crippen LogP contribution in [0.25, 0.3) is 0 Å². The van der Waals surface area contributed by atoms with Gasteiger partial charge < -0.3 is 10.2 Å². The number of hydrogen-bond donors (Lipinski definition) is 1. The Morgan fingerprint density at radius 1 is 1.26 bits per heavy atom. The van der Waals surface area contributed by atoms with E-state index in [0.717, 1.165) is 31.6 Å². The van der Waals surface area contributed by atoms with E-state index < -0.39 is 0 Å². The minimum Gasteiger partial charge on any atom is -0.376 e. The Balaban J connectivity index is 1.86. The van der Waals surface area contributed by atoms with E-state index in [1.54, 1.807) is 12.1 Å². The number of nitrogens with one attached hydrogen (secondary N) is 1. The largest absolute Gasteiger partial charge is 0.376 e. The van der Waals surface area contributed by atoms with Crippen LogP contribution in [-0.2, 0) is 4.79 Å². The molecule has 0 saturated carbocycles. The number of halogens is 2. The van der Waals surface area contributed by atoms with E-state index in [0.29, 0.717) is 4.47 Å². The molecule has 1 aliphatic rings. The lowest BCUT2D eigenvalue weighted by molar-refractivity contribution is -0.129. The Hall–Kier alpha value is -1.10.